The second-order valence-corrected chi connectivity index (χ2v) is 2.70. The van der Waals surface area contributed by atoms with Crippen molar-refractivity contribution in [3.63, 3.8) is 0 Å². The molecule has 0 aliphatic rings. The normalized spacial score (nSPS) is 9.55. The van der Waals surface area contributed by atoms with Crippen LogP contribution in [-0.2, 0) is 6.42 Å². The highest BCUT2D eigenvalue weighted by molar-refractivity contribution is 5.16. The quantitative estimate of drug-likeness (QED) is 0.598. The minimum absolute atomic E-state index is 1.03. The van der Waals surface area contributed by atoms with Crippen molar-refractivity contribution in [3.05, 3.63) is 42.2 Å². The van der Waals surface area contributed by atoms with Gasteiger partial charge in [0.05, 0.1) is 0 Å². The van der Waals surface area contributed by atoms with E-state index in [1.54, 1.807) is 0 Å². The molecule has 0 aliphatic heterocycles. The van der Waals surface area contributed by atoms with E-state index in [1.165, 1.54) is 11.1 Å². The molecule has 58 valence electrons. The van der Waals surface area contributed by atoms with Crippen LogP contribution in [0.25, 0.3) is 0 Å². The van der Waals surface area contributed by atoms with Gasteiger partial charge in [-0.3, -0.25) is 4.98 Å². The molecule has 0 saturated heterocycles. The van der Waals surface area contributed by atoms with Crippen LogP contribution in [-0.4, -0.2) is 4.98 Å². The van der Waals surface area contributed by atoms with Crippen LogP contribution in [0.1, 0.15) is 17.5 Å². The average Bonchev–Trinajstić information content (AvgIpc) is 2.01. The molecular weight excluding hydrogens is 134 g/mol. The molecule has 11 heavy (non-hydrogen) atoms. The molecule has 1 heteroatoms. The van der Waals surface area contributed by atoms with E-state index in [-0.39, 0.29) is 0 Å². The maximum absolute atomic E-state index is 4.10. The number of nitrogens with zero attached hydrogens (tertiary/aromatic N) is 1. The third kappa shape index (κ3) is 2.54. The lowest BCUT2D eigenvalue weighted by Gasteiger charge is -1.97. The predicted molar refractivity (Wildman–Crippen MR) is 47.5 cm³/mol. The lowest BCUT2D eigenvalue weighted by atomic mass is 10.1. The predicted octanol–water partition coefficient (Wildman–Crippen LogP) is 2.51. The van der Waals surface area contributed by atoms with Gasteiger partial charge in [-0.1, -0.05) is 12.1 Å². The summed E-state index contributed by atoms with van der Waals surface area (Å²) in [5.74, 6) is 0. The summed E-state index contributed by atoms with van der Waals surface area (Å²) in [5.41, 5.74) is 2.52. The number of rotatable bonds is 3. The molecule has 0 atom stereocenters. The van der Waals surface area contributed by atoms with Gasteiger partial charge in [0.2, 0.25) is 0 Å². The minimum atomic E-state index is 1.03. The molecule has 1 heterocycles. The Morgan fingerprint density at radius 3 is 3.00 bits per heavy atom. The van der Waals surface area contributed by atoms with Gasteiger partial charge in [-0.25, -0.2) is 0 Å². The second-order valence-electron chi connectivity index (χ2n) is 2.70. The van der Waals surface area contributed by atoms with Crippen LogP contribution >= 0.6 is 0 Å². The Morgan fingerprint density at radius 2 is 2.36 bits per heavy atom. The maximum Gasteiger partial charge on any atom is 0.0300 e. The SMILES string of the molecule is C=CCCc1cncc(C)c1. The van der Waals surface area contributed by atoms with Crippen LogP contribution in [0.5, 0.6) is 0 Å². The Morgan fingerprint density at radius 1 is 1.55 bits per heavy atom. The van der Waals surface area contributed by atoms with Gasteiger partial charge >= 0.3 is 0 Å². The first-order chi connectivity index (χ1) is 5.33. The Balaban J connectivity index is 2.63. The third-order valence-corrected chi connectivity index (χ3v) is 1.57. The van der Waals surface area contributed by atoms with Gasteiger partial charge in [0.25, 0.3) is 0 Å². The van der Waals surface area contributed by atoms with E-state index >= 15 is 0 Å². The number of hydrogen-bond acceptors (Lipinski definition) is 1. The Bertz CT molecular complexity index is 240. The molecule has 1 rings (SSSR count). The Hall–Kier alpha value is -1.11. The molecule has 1 aromatic rings. The summed E-state index contributed by atoms with van der Waals surface area (Å²) in [7, 11) is 0. The summed E-state index contributed by atoms with van der Waals surface area (Å²) in [6, 6.07) is 2.16. The first-order valence-electron chi connectivity index (χ1n) is 3.84. The summed E-state index contributed by atoms with van der Waals surface area (Å²) in [4.78, 5) is 4.10. The molecular formula is C10H13N. The summed E-state index contributed by atoms with van der Waals surface area (Å²) >= 11 is 0. The van der Waals surface area contributed by atoms with Crippen molar-refractivity contribution in [2.75, 3.05) is 0 Å². The summed E-state index contributed by atoms with van der Waals surface area (Å²) in [6.45, 7) is 5.74. The molecule has 0 spiro atoms. The standard InChI is InChI=1S/C10H13N/c1-3-4-5-10-6-9(2)7-11-8-10/h3,6-8H,1,4-5H2,2H3. The van der Waals surface area contributed by atoms with Crippen LogP contribution < -0.4 is 0 Å². The van der Waals surface area contributed by atoms with Gasteiger partial charge in [-0.15, -0.1) is 6.58 Å². The third-order valence-electron chi connectivity index (χ3n) is 1.57. The number of aryl methyl sites for hydroxylation is 2. The van der Waals surface area contributed by atoms with Crippen molar-refractivity contribution >= 4 is 0 Å². The molecule has 0 bridgehead atoms. The van der Waals surface area contributed by atoms with Crippen LogP contribution in [0.3, 0.4) is 0 Å². The molecule has 0 unspecified atom stereocenters. The van der Waals surface area contributed by atoms with Crippen molar-refractivity contribution in [2.45, 2.75) is 19.8 Å². The average molecular weight is 147 g/mol. The maximum atomic E-state index is 4.10. The molecule has 0 saturated carbocycles. The van der Waals surface area contributed by atoms with E-state index in [0.717, 1.165) is 12.8 Å². The molecule has 0 radical (unpaired) electrons. The van der Waals surface area contributed by atoms with Gasteiger partial charge in [0.15, 0.2) is 0 Å². The fraction of sp³-hybridized carbons (Fsp3) is 0.300. The lowest BCUT2D eigenvalue weighted by Crippen LogP contribution is -1.86. The number of pyridine rings is 1. The van der Waals surface area contributed by atoms with E-state index in [2.05, 4.69) is 24.6 Å². The summed E-state index contributed by atoms with van der Waals surface area (Å²) < 4.78 is 0. The van der Waals surface area contributed by atoms with Crippen molar-refractivity contribution in [1.82, 2.24) is 4.98 Å². The zero-order valence-electron chi connectivity index (χ0n) is 6.88. The Labute approximate surface area is 67.8 Å². The number of aromatic nitrogens is 1. The molecule has 0 aromatic carbocycles. The Kier molecular flexibility index (Phi) is 2.84. The zero-order valence-corrected chi connectivity index (χ0v) is 6.88. The van der Waals surface area contributed by atoms with Gasteiger partial charge in [-0.2, -0.15) is 0 Å². The highest BCUT2D eigenvalue weighted by atomic mass is 14.6. The van der Waals surface area contributed by atoms with Crippen molar-refractivity contribution < 1.29 is 0 Å². The molecule has 1 nitrogen and oxygen atoms in total. The van der Waals surface area contributed by atoms with Crippen molar-refractivity contribution in [2.24, 2.45) is 0 Å². The monoisotopic (exact) mass is 147 g/mol. The first kappa shape index (κ1) is 7.99. The lowest BCUT2D eigenvalue weighted by molar-refractivity contribution is 0.984. The van der Waals surface area contributed by atoms with E-state index in [9.17, 15) is 0 Å². The molecule has 0 aliphatic carbocycles. The van der Waals surface area contributed by atoms with Crippen molar-refractivity contribution in [1.29, 1.82) is 0 Å². The van der Waals surface area contributed by atoms with Gasteiger partial charge < -0.3 is 0 Å². The molecule has 1 aromatic heterocycles. The zero-order chi connectivity index (χ0) is 8.10. The molecule has 0 amide bonds. The summed E-state index contributed by atoms with van der Waals surface area (Å²) in [6.07, 6.45) is 7.81. The van der Waals surface area contributed by atoms with Crippen LogP contribution in [0, 0.1) is 6.92 Å². The summed E-state index contributed by atoms with van der Waals surface area (Å²) in [5, 5.41) is 0. The van der Waals surface area contributed by atoms with Crippen molar-refractivity contribution in [3.8, 4) is 0 Å². The largest absolute Gasteiger partial charge is 0.264 e. The fourth-order valence-electron chi connectivity index (χ4n) is 1.02. The van der Waals surface area contributed by atoms with E-state index in [0.29, 0.717) is 0 Å². The fourth-order valence-corrected chi connectivity index (χ4v) is 1.02. The minimum Gasteiger partial charge on any atom is -0.264 e. The van der Waals surface area contributed by atoms with Crippen LogP contribution in [0.2, 0.25) is 0 Å². The second kappa shape index (κ2) is 3.91. The molecule has 0 fully saturated rings. The van der Waals surface area contributed by atoms with Gasteiger partial charge in [0, 0.05) is 12.4 Å². The topological polar surface area (TPSA) is 12.9 Å². The van der Waals surface area contributed by atoms with Gasteiger partial charge in [0.1, 0.15) is 0 Å². The van der Waals surface area contributed by atoms with Gasteiger partial charge in [-0.05, 0) is 30.9 Å². The van der Waals surface area contributed by atoms with E-state index < -0.39 is 0 Å². The first-order valence-corrected chi connectivity index (χ1v) is 3.84. The number of allylic oxidation sites excluding steroid dienone is 1. The van der Waals surface area contributed by atoms with Crippen LogP contribution in [0.4, 0.5) is 0 Å². The van der Waals surface area contributed by atoms with E-state index in [1.807, 2.05) is 18.5 Å². The highest BCUT2D eigenvalue weighted by Gasteiger charge is 1.90. The van der Waals surface area contributed by atoms with E-state index in [4.69, 9.17) is 0 Å². The smallest absolute Gasteiger partial charge is 0.0300 e. The molecule has 0 N–H and O–H groups in total. The highest BCUT2D eigenvalue weighted by Crippen LogP contribution is 2.03. The van der Waals surface area contributed by atoms with Crippen LogP contribution in [0.15, 0.2) is 31.1 Å². The number of hydrogen-bond donors (Lipinski definition) is 0.